The van der Waals surface area contributed by atoms with E-state index in [1.54, 1.807) is 0 Å². The number of rotatable bonds is 4. The van der Waals surface area contributed by atoms with E-state index < -0.39 is 0 Å². The molecule has 0 saturated carbocycles. The Hall–Kier alpha value is -0.810. The van der Waals surface area contributed by atoms with Crippen molar-refractivity contribution < 1.29 is 14.6 Å². The van der Waals surface area contributed by atoms with E-state index in [1.165, 1.54) is 0 Å². The van der Waals surface area contributed by atoms with E-state index in [4.69, 9.17) is 9.84 Å². The molecule has 0 bridgehead atoms. The molecule has 106 valence electrons. The Morgan fingerprint density at radius 2 is 2.06 bits per heavy atom. The number of urea groups is 1. The zero-order valence-electron chi connectivity index (χ0n) is 12.0. The minimum atomic E-state index is -0.373. The number of nitrogens with one attached hydrogen (secondary N) is 2. The normalized spacial score (nSPS) is 26.7. The Morgan fingerprint density at radius 1 is 1.44 bits per heavy atom. The first-order valence-electron chi connectivity index (χ1n) is 6.58. The third kappa shape index (κ3) is 3.85. The van der Waals surface area contributed by atoms with Gasteiger partial charge in [-0.3, -0.25) is 0 Å². The molecule has 0 aromatic rings. The number of carbonyl (C=O) groups excluding carboxylic acids is 1. The van der Waals surface area contributed by atoms with Crippen LogP contribution in [0.4, 0.5) is 4.79 Å². The Morgan fingerprint density at radius 3 is 2.44 bits per heavy atom. The van der Waals surface area contributed by atoms with E-state index in [9.17, 15) is 4.79 Å². The van der Waals surface area contributed by atoms with Crippen LogP contribution in [0, 0.1) is 0 Å². The third-order valence-electron chi connectivity index (χ3n) is 3.43. The van der Waals surface area contributed by atoms with Gasteiger partial charge in [0.2, 0.25) is 0 Å². The highest BCUT2D eigenvalue weighted by molar-refractivity contribution is 5.74. The molecule has 0 aromatic heterocycles. The Balaban J connectivity index is 2.54. The van der Waals surface area contributed by atoms with Crippen molar-refractivity contribution in [3.63, 3.8) is 0 Å². The molecule has 0 aromatic carbocycles. The second-order valence-corrected chi connectivity index (χ2v) is 6.13. The largest absolute Gasteiger partial charge is 0.394 e. The van der Waals surface area contributed by atoms with Crippen molar-refractivity contribution in [2.24, 2.45) is 0 Å². The lowest BCUT2D eigenvalue weighted by molar-refractivity contribution is -0.0691. The number of hydrogen-bond donors (Lipinski definition) is 3. The van der Waals surface area contributed by atoms with E-state index in [2.05, 4.69) is 10.6 Å². The van der Waals surface area contributed by atoms with Crippen LogP contribution in [0.5, 0.6) is 0 Å². The van der Waals surface area contributed by atoms with Crippen molar-refractivity contribution in [2.45, 2.75) is 70.7 Å². The molecular formula is C13H26N2O3. The first-order valence-corrected chi connectivity index (χ1v) is 6.58. The summed E-state index contributed by atoms with van der Waals surface area (Å²) in [5.74, 6) is 0. The summed E-state index contributed by atoms with van der Waals surface area (Å²) in [5, 5.41) is 14.7. The van der Waals surface area contributed by atoms with Crippen molar-refractivity contribution in [2.75, 3.05) is 6.61 Å². The van der Waals surface area contributed by atoms with Crippen LogP contribution < -0.4 is 10.6 Å². The monoisotopic (exact) mass is 258 g/mol. The van der Waals surface area contributed by atoms with E-state index in [-0.39, 0.29) is 35.9 Å². The maximum absolute atomic E-state index is 11.8. The highest BCUT2D eigenvalue weighted by Gasteiger charge is 2.46. The van der Waals surface area contributed by atoms with Crippen LogP contribution >= 0.6 is 0 Å². The van der Waals surface area contributed by atoms with Crippen molar-refractivity contribution >= 4 is 6.03 Å². The Bertz CT molecular complexity index is 299. The van der Waals surface area contributed by atoms with Gasteiger partial charge in [-0.25, -0.2) is 4.79 Å². The highest BCUT2D eigenvalue weighted by atomic mass is 16.5. The number of carbonyl (C=O) groups is 1. The SMILES string of the molecule is CCC(CO)NC(=O)NC1CC(C)(C)OC1(C)C. The van der Waals surface area contributed by atoms with Crippen LogP contribution in [0.15, 0.2) is 0 Å². The highest BCUT2D eigenvalue weighted by Crippen LogP contribution is 2.37. The summed E-state index contributed by atoms with van der Waals surface area (Å²) in [4.78, 5) is 11.8. The van der Waals surface area contributed by atoms with Gasteiger partial charge in [0.15, 0.2) is 0 Å². The summed E-state index contributed by atoms with van der Waals surface area (Å²) in [5.41, 5.74) is -0.593. The van der Waals surface area contributed by atoms with Crippen molar-refractivity contribution in [3.05, 3.63) is 0 Å². The number of ether oxygens (including phenoxy) is 1. The number of aliphatic hydroxyl groups is 1. The second-order valence-electron chi connectivity index (χ2n) is 6.13. The average Bonchev–Trinajstić information content (AvgIpc) is 2.43. The summed E-state index contributed by atoms with van der Waals surface area (Å²) in [7, 11) is 0. The number of aliphatic hydroxyl groups excluding tert-OH is 1. The van der Waals surface area contributed by atoms with Crippen LogP contribution in [0.1, 0.15) is 47.5 Å². The molecule has 1 aliphatic rings. The fraction of sp³-hybridized carbons (Fsp3) is 0.923. The van der Waals surface area contributed by atoms with Gasteiger partial charge in [-0.05, 0) is 40.5 Å². The fourth-order valence-electron chi connectivity index (χ4n) is 2.45. The third-order valence-corrected chi connectivity index (χ3v) is 3.43. The van der Waals surface area contributed by atoms with Crippen molar-refractivity contribution in [1.29, 1.82) is 0 Å². The van der Waals surface area contributed by atoms with Gasteiger partial charge < -0.3 is 20.5 Å². The summed E-state index contributed by atoms with van der Waals surface area (Å²) >= 11 is 0. The summed E-state index contributed by atoms with van der Waals surface area (Å²) in [6, 6.07) is -0.456. The first kappa shape index (κ1) is 15.2. The number of amides is 2. The first-order chi connectivity index (χ1) is 8.20. The molecule has 2 amide bonds. The van der Waals surface area contributed by atoms with Gasteiger partial charge in [0, 0.05) is 0 Å². The van der Waals surface area contributed by atoms with Crippen LogP contribution in [-0.2, 0) is 4.74 Å². The molecule has 0 aliphatic carbocycles. The zero-order valence-corrected chi connectivity index (χ0v) is 12.0. The average molecular weight is 258 g/mol. The molecule has 0 spiro atoms. The van der Waals surface area contributed by atoms with Gasteiger partial charge in [0.05, 0.1) is 29.9 Å². The molecule has 5 nitrogen and oxygen atoms in total. The van der Waals surface area contributed by atoms with E-state index in [0.717, 1.165) is 6.42 Å². The van der Waals surface area contributed by atoms with Gasteiger partial charge in [-0.15, -0.1) is 0 Å². The lowest BCUT2D eigenvalue weighted by Gasteiger charge is -2.28. The van der Waals surface area contributed by atoms with E-state index >= 15 is 0 Å². The summed E-state index contributed by atoms with van der Waals surface area (Å²) < 4.78 is 5.92. The molecular weight excluding hydrogens is 232 g/mol. The van der Waals surface area contributed by atoms with Gasteiger partial charge in [-0.1, -0.05) is 6.92 Å². The maximum Gasteiger partial charge on any atom is 0.315 e. The number of hydrogen-bond acceptors (Lipinski definition) is 3. The van der Waals surface area contributed by atoms with Crippen LogP contribution in [-0.4, -0.2) is 41.0 Å². The minimum absolute atomic E-state index is 0.0244. The topological polar surface area (TPSA) is 70.6 Å². The van der Waals surface area contributed by atoms with E-state index in [0.29, 0.717) is 6.42 Å². The zero-order chi connectivity index (χ0) is 14.0. The molecule has 1 aliphatic heterocycles. The lowest BCUT2D eigenvalue weighted by Crippen LogP contribution is -2.52. The molecule has 5 heteroatoms. The molecule has 2 atom stereocenters. The minimum Gasteiger partial charge on any atom is -0.394 e. The van der Waals surface area contributed by atoms with Crippen LogP contribution in [0.3, 0.4) is 0 Å². The fourth-order valence-corrected chi connectivity index (χ4v) is 2.45. The molecule has 1 fully saturated rings. The molecule has 1 saturated heterocycles. The van der Waals surface area contributed by atoms with Crippen LogP contribution in [0.2, 0.25) is 0 Å². The Labute approximate surface area is 109 Å². The second kappa shape index (κ2) is 5.45. The molecule has 2 unspecified atom stereocenters. The van der Waals surface area contributed by atoms with E-state index in [1.807, 2.05) is 34.6 Å². The van der Waals surface area contributed by atoms with Gasteiger partial charge in [-0.2, -0.15) is 0 Å². The molecule has 0 radical (unpaired) electrons. The lowest BCUT2D eigenvalue weighted by atomic mass is 9.95. The Kier molecular flexibility index (Phi) is 4.61. The van der Waals surface area contributed by atoms with Crippen LogP contribution in [0.25, 0.3) is 0 Å². The quantitative estimate of drug-likeness (QED) is 0.714. The molecule has 1 rings (SSSR count). The maximum atomic E-state index is 11.8. The van der Waals surface area contributed by atoms with Gasteiger partial charge in [0.25, 0.3) is 0 Å². The predicted molar refractivity (Wildman–Crippen MR) is 70.5 cm³/mol. The van der Waals surface area contributed by atoms with Gasteiger partial charge in [0.1, 0.15) is 0 Å². The van der Waals surface area contributed by atoms with Crippen molar-refractivity contribution in [1.82, 2.24) is 10.6 Å². The molecule has 18 heavy (non-hydrogen) atoms. The summed E-state index contributed by atoms with van der Waals surface area (Å²) in [6.07, 6.45) is 1.49. The molecule has 1 heterocycles. The molecule has 3 N–H and O–H groups in total. The standard InChI is InChI=1S/C13H26N2O3/c1-6-9(8-16)14-11(17)15-10-7-12(2,3)18-13(10,4)5/h9-10,16H,6-8H2,1-5H3,(H2,14,15,17). The van der Waals surface area contributed by atoms with Crippen molar-refractivity contribution in [3.8, 4) is 0 Å². The van der Waals surface area contributed by atoms with Gasteiger partial charge >= 0.3 is 6.03 Å². The predicted octanol–water partition coefficient (Wildman–Crippen LogP) is 1.40. The summed E-state index contributed by atoms with van der Waals surface area (Å²) in [6.45, 7) is 9.90. The smallest absolute Gasteiger partial charge is 0.315 e.